The Morgan fingerprint density at radius 1 is 0.701 bits per heavy atom. The number of rotatable bonds is 34. The van der Waals surface area contributed by atoms with Crippen molar-refractivity contribution in [2.45, 2.75) is 119 Å². The van der Waals surface area contributed by atoms with Gasteiger partial charge in [0.15, 0.2) is 0 Å². The third-order valence-electron chi connectivity index (χ3n) is 8.74. The molecule has 5 aliphatic rings. The standard InChI is InChI=1S/C23H44O10.C6H10O2.C5H8O2.C3H6O2.C3H6O.C2H2F3O2S.C2H6O.CHF3O3S.Sn/c1-3-7-27-12-20(25)14-31-19(2)11-28-8-5-4-6-9-29-13-21(26)15-32-22(10-24)16-30-17-23-18-33-23;1-2-3-7-4-6-5-8-6;6-5-3-1-2-4-7-5;4-1-3-2-5-3;1-3-2-4-3;1-8(6,7)2(3,4)5;1-2-3;2-1(3,4)8(5,6)7;/h3,19-26H,1,4-18H2,2H3;2,6H,1,3-5H2;1-4H2;3-4H,1-2H2;3H,2H2,1H3;1H2;3H,2H2,1H3;(H,5,6,7);/q;;;;;;;;+1/p-1. The van der Waals surface area contributed by atoms with Gasteiger partial charge in [-0.15, -0.1) is 13.2 Å². The monoisotopic (exact) mass is 1290 g/mol. The molecule has 5 saturated heterocycles. The molecule has 0 bridgehead atoms. The van der Waals surface area contributed by atoms with Crippen LogP contribution in [0.15, 0.2) is 25.3 Å². The molecule has 8 unspecified atom stereocenters. The fourth-order valence-electron chi connectivity index (χ4n) is 4.31. The number of alkyl halides is 6. The topological polar surface area (TPSA) is 320 Å². The van der Waals surface area contributed by atoms with Crippen molar-refractivity contribution < 1.29 is 133 Å². The summed E-state index contributed by atoms with van der Waals surface area (Å²) in [5.74, 6) is -0.0359. The molecule has 32 heteroatoms. The van der Waals surface area contributed by atoms with Crippen LogP contribution in [0.25, 0.3) is 0 Å². The van der Waals surface area contributed by atoms with Gasteiger partial charge in [-0.25, -0.2) is 0 Å². The van der Waals surface area contributed by atoms with Gasteiger partial charge in [0.1, 0.15) is 36.6 Å². The number of cyclic esters (lactones) is 1. The Balaban J connectivity index is 0. The summed E-state index contributed by atoms with van der Waals surface area (Å²) in [4.78, 5) is 10.2. The van der Waals surface area contributed by atoms with Crippen molar-refractivity contribution in [3.8, 4) is 0 Å². The number of epoxide rings is 4. The van der Waals surface area contributed by atoms with Gasteiger partial charge >= 0.3 is 108 Å². The van der Waals surface area contributed by atoms with E-state index < -0.39 is 74.6 Å². The summed E-state index contributed by atoms with van der Waals surface area (Å²) >= 11 is -3.36. The molecule has 5 rings (SSSR count). The van der Waals surface area contributed by atoms with E-state index in [2.05, 4.69) is 32.1 Å². The molecule has 0 aromatic carbocycles. The number of aliphatic hydroxyl groups excluding tert-OH is 5. The van der Waals surface area contributed by atoms with Gasteiger partial charge in [0.25, 0.3) is 0 Å². The Morgan fingerprint density at radius 2 is 1.19 bits per heavy atom. The van der Waals surface area contributed by atoms with Crippen molar-refractivity contribution >= 4 is 47.5 Å². The zero-order valence-electron chi connectivity index (χ0n) is 43.9. The van der Waals surface area contributed by atoms with Gasteiger partial charge in [0, 0.05) is 26.2 Å². The Labute approximate surface area is 458 Å². The number of halogens is 6. The van der Waals surface area contributed by atoms with E-state index in [1.807, 2.05) is 6.92 Å². The second kappa shape index (κ2) is 47.1. The molecule has 23 nitrogen and oxygen atoms in total. The largest absolute Gasteiger partial charge is 0.394 e. The van der Waals surface area contributed by atoms with Crippen molar-refractivity contribution in [1.29, 1.82) is 0 Å². The van der Waals surface area contributed by atoms with Crippen molar-refractivity contribution in [3.05, 3.63) is 25.3 Å². The molecule has 5 fully saturated rings. The van der Waals surface area contributed by atoms with Crippen LogP contribution in [-0.4, -0.2) is 266 Å². The molecule has 458 valence electrons. The number of sulfone groups is 1. The Kier molecular flexibility index (Phi) is 47.5. The predicted molar refractivity (Wildman–Crippen MR) is 264 cm³/mol. The zero-order valence-corrected chi connectivity index (χ0v) is 48.4. The molecule has 0 amide bonds. The molecule has 8 atom stereocenters. The normalized spacial score (nSPS) is 20.6. The molecule has 0 saturated carbocycles. The molecule has 0 spiro atoms. The third-order valence-corrected chi connectivity index (χ3v) is 18.0. The molecule has 5 N–H and O–H groups in total. The van der Waals surface area contributed by atoms with E-state index in [9.17, 15) is 63.3 Å². The number of hydrogen-bond acceptors (Lipinski definition) is 23. The maximum atomic E-state index is 11.7. The first-order valence-corrected chi connectivity index (χ1v) is 30.7. The summed E-state index contributed by atoms with van der Waals surface area (Å²) in [6, 6.07) is 0. The van der Waals surface area contributed by atoms with E-state index in [1.54, 1.807) is 19.1 Å². The Morgan fingerprint density at radius 3 is 1.60 bits per heavy atom. The van der Waals surface area contributed by atoms with Crippen molar-refractivity contribution in [1.82, 2.24) is 0 Å². The summed E-state index contributed by atoms with van der Waals surface area (Å²) in [5.41, 5.74) is -11.4. The number of hydrogen-bond donors (Lipinski definition) is 5. The number of esters is 1. The average molecular weight is 1290 g/mol. The average Bonchev–Trinajstić information content (AvgIpc) is 4.13. The van der Waals surface area contributed by atoms with E-state index >= 15 is 0 Å². The van der Waals surface area contributed by atoms with Gasteiger partial charge in [-0.3, -0.25) is 4.79 Å². The van der Waals surface area contributed by atoms with Crippen molar-refractivity contribution in [2.24, 2.45) is 0 Å². The molecule has 5 aliphatic heterocycles. The molecular formula is C45H82F6O23S2Sn. The van der Waals surface area contributed by atoms with Crippen LogP contribution in [-0.2, 0) is 84.1 Å². The van der Waals surface area contributed by atoms with Crippen LogP contribution in [0, 0.1) is 0 Å². The van der Waals surface area contributed by atoms with E-state index in [0.29, 0.717) is 64.9 Å². The van der Waals surface area contributed by atoms with Crippen LogP contribution in [0.5, 0.6) is 0 Å². The Hall–Kier alpha value is -1.45. The van der Waals surface area contributed by atoms with Crippen molar-refractivity contribution in [2.75, 3.05) is 136 Å². The summed E-state index contributed by atoms with van der Waals surface area (Å²) in [5, 5.41) is 44.6. The first-order chi connectivity index (χ1) is 36.3. The number of carbonyl (C=O) groups excluding carboxylic acids is 1. The predicted octanol–water partition coefficient (Wildman–Crippen LogP) is 1.76. The first kappa shape index (κ1) is 77.6. The minimum absolute atomic E-state index is 0.0359. The third kappa shape index (κ3) is 52.4. The second-order valence-corrected chi connectivity index (χ2v) is 24.8. The van der Waals surface area contributed by atoms with E-state index in [4.69, 9.17) is 57.6 Å². The van der Waals surface area contributed by atoms with Gasteiger partial charge in [-0.05, 0) is 52.9 Å². The SMILES string of the molecule is C=CCOCC(O)COC(C)COCCCCCOCC(O)COC(CO)COCC1CO1.C=CCOCC1CO1.CC1CO1.CCO.O=C1CCCCO1.O=S(=O)([CH2][Sn][O]S(=O)(=O)C(F)(F)F)C(F)(F)F.OCC1CO1. The fraction of sp³-hybridized carbons (Fsp3) is 0.889. The summed E-state index contributed by atoms with van der Waals surface area (Å²) in [6.45, 7) is 21.9. The van der Waals surface area contributed by atoms with Crippen LogP contribution in [0.2, 0.25) is 0 Å². The molecule has 0 aliphatic carbocycles. The number of ether oxygens (including phenoxy) is 12. The molecule has 2 radical (unpaired) electrons. The first-order valence-electron chi connectivity index (χ1n) is 24.5. The summed E-state index contributed by atoms with van der Waals surface area (Å²) < 4.78 is 174. The number of aliphatic hydroxyl groups is 5. The summed E-state index contributed by atoms with van der Waals surface area (Å²) in [7, 11) is -11.7. The minimum Gasteiger partial charge on any atom is -0.394 e. The van der Waals surface area contributed by atoms with Gasteiger partial charge in [-0.2, -0.15) is 0 Å². The molecular weight excluding hydrogens is 1210 g/mol. The maximum absolute atomic E-state index is 11.7. The zero-order chi connectivity index (χ0) is 58.6. The van der Waals surface area contributed by atoms with Crippen molar-refractivity contribution in [3.63, 3.8) is 0 Å². The van der Waals surface area contributed by atoms with Gasteiger partial charge in [0.05, 0.1) is 125 Å². The van der Waals surface area contributed by atoms with Crippen LogP contribution >= 0.6 is 0 Å². The maximum Gasteiger partial charge on any atom is 0.104 e. The summed E-state index contributed by atoms with van der Waals surface area (Å²) in [6.07, 6.45) is 8.15. The van der Waals surface area contributed by atoms with Crippen LogP contribution in [0.4, 0.5) is 26.3 Å². The van der Waals surface area contributed by atoms with Gasteiger partial charge in [0.2, 0.25) is 0 Å². The molecule has 0 aromatic rings. The molecule has 5 heterocycles. The molecule has 77 heavy (non-hydrogen) atoms. The van der Waals surface area contributed by atoms with Gasteiger partial charge < -0.3 is 82.4 Å². The van der Waals surface area contributed by atoms with Gasteiger partial charge in [-0.1, -0.05) is 12.2 Å². The number of carbonyl (C=O) groups is 1. The quantitative estimate of drug-likeness (QED) is 0.0117. The molecule has 0 aromatic heterocycles. The van der Waals surface area contributed by atoms with E-state index in [0.717, 1.165) is 65.1 Å². The smallest absolute Gasteiger partial charge is 0.104 e. The Bertz CT molecular complexity index is 1610. The van der Waals surface area contributed by atoms with Crippen LogP contribution in [0.3, 0.4) is 0 Å². The van der Waals surface area contributed by atoms with E-state index in [1.165, 1.54) is 0 Å². The minimum atomic E-state index is -6.02. The fourth-order valence-corrected chi connectivity index (χ4v) is 11.2. The van der Waals surface area contributed by atoms with Crippen LogP contribution < -0.4 is 0 Å². The van der Waals surface area contributed by atoms with Crippen LogP contribution in [0.1, 0.15) is 59.3 Å². The van der Waals surface area contributed by atoms with E-state index in [-0.39, 0.29) is 77.1 Å². The second-order valence-electron chi connectivity index (χ2n) is 16.5. The number of unbranched alkanes of at least 4 members (excludes halogenated alkanes) is 2.